The summed E-state index contributed by atoms with van der Waals surface area (Å²) in [7, 11) is 4.05. The zero-order chi connectivity index (χ0) is 10.4. The fraction of sp³-hybridized carbons (Fsp3) is 0.889. The Kier molecular flexibility index (Phi) is 5.66. The van der Waals surface area contributed by atoms with E-state index in [-0.39, 0.29) is 11.8 Å². The van der Waals surface area contributed by atoms with Gasteiger partial charge in [0.1, 0.15) is 0 Å². The Labute approximate surface area is 80.5 Å². The summed E-state index contributed by atoms with van der Waals surface area (Å²) in [5.41, 5.74) is 5.13. The molecule has 0 aromatic carbocycles. The first-order chi connectivity index (χ1) is 5.93. The van der Waals surface area contributed by atoms with Crippen LogP contribution in [0.2, 0.25) is 0 Å². The fourth-order valence-electron chi connectivity index (χ4n) is 1.09. The highest BCUT2D eigenvalue weighted by Gasteiger charge is 2.10. The average molecular weight is 187 g/mol. The Bertz CT molecular complexity index is 159. The minimum atomic E-state index is -0.246. The van der Waals surface area contributed by atoms with Crippen LogP contribution in [0.5, 0.6) is 0 Å². The topological polar surface area (TPSA) is 58.4 Å². The van der Waals surface area contributed by atoms with Gasteiger partial charge in [0.2, 0.25) is 5.91 Å². The molecule has 1 amide bonds. The molecule has 0 heterocycles. The SMILES string of the molecule is CC(CN(C)C)NCC(C)C(N)=O. The molecule has 2 unspecified atom stereocenters. The number of likely N-dealkylation sites (N-methyl/N-ethyl adjacent to an activating group) is 1. The van der Waals surface area contributed by atoms with Gasteiger partial charge in [-0.05, 0) is 21.0 Å². The summed E-state index contributed by atoms with van der Waals surface area (Å²) in [5, 5.41) is 3.25. The third kappa shape index (κ3) is 6.54. The van der Waals surface area contributed by atoms with Crippen molar-refractivity contribution in [3.8, 4) is 0 Å². The standard InChI is InChI=1S/C9H21N3O/c1-7(9(10)13)5-11-8(2)6-12(3)4/h7-8,11H,5-6H2,1-4H3,(H2,10,13). The molecule has 0 saturated carbocycles. The lowest BCUT2D eigenvalue weighted by molar-refractivity contribution is -0.121. The van der Waals surface area contributed by atoms with E-state index in [0.717, 1.165) is 6.54 Å². The lowest BCUT2D eigenvalue weighted by atomic mass is 10.1. The third-order valence-corrected chi connectivity index (χ3v) is 1.90. The van der Waals surface area contributed by atoms with Crippen LogP contribution in [0.4, 0.5) is 0 Å². The Morgan fingerprint density at radius 1 is 1.46 bits per heavy atom. The molecule has 0 fully saturated rings. The summed E-state index contributed by atoms with van der Waals surface area (Å²) in [6, 6.07) is 0.386. The molecule has 0 spiro atoms. The molecule has 0 radical (unpaired) electrons. The van der Waals surface area contributed by atoms with E-state index in [9.17, 15) is 4.79 Å². The highest BCUT2D eigenvalue weighted by atomic mass is 16.1. The van der Waals surface area contributed by atoms with Crippen molar-refractivity contribution in [2.24, 2.45) is 11.7 Å². The highest BCUT2D eigenvalue weighted by molar-refractivity contribution is 5.76. The molecule has 4 nitrogen and oxygen atoms in total. The molecule has 0 rings (SSSR count). The van der Waals surface area contributed by atoms with E-state index in [1.165, 1.54) is 0 Å². The van der Waals surface area contributed by atoms with Gasteiger partial charge in [-0.15, -0.1) is 0 Å². The maximum Gasteiger partial charge on any atom is 0.221 e. The molecule has 0 saturated heterocycles. The second kappa shape index (κ2) is 5.94. The number of carbonyl (C=O) groups is 1. The molecular weight excluding hydrogens is 166 g/mol. The molecule has 0 bridgehead atoms. The molecule has 4 heteroatoms. The number of hydrogen-bond donors (Lipinski definition) is 2. The fourth-order valence-corrected chi connectivity index (χ4v) is 1.09. The van der Waals surface area contributed by atoms with Crippen molar-refractivity contribution in [1.82, 2.24) is 10.2 Å². The van der Waals surface area contributed by atoms with Gasteiger partial charge in [0.25, 0.3) is 0 Å². The van der Waals surface area contributed by atoms with Gasteiger partial charge in [-0.3, -0.25) is 4.79 Å². The molecule has 0 aromatic rings. The number of primary amides is 1. The number of hydrogen-bond acceptors (Lipinski definition) is 3. The number of nitrogens with one attached hydrogen (secondary N) is 1. The van der Waals surface area contributed by atoms with Gasteiger partial charge in [0.05, 0.1) is 0 Å². The first kappa shape index (κ1) is 12.4. The van der Waals surface area contributed by atoms with Gasteiger partial charge in [0.15, 0.2) is 0 Å². The Balaban J connectivity index is 3.57. The van der Waals surface area contributed by atoms with Crippen LogP contribution < -0.4 is 11.1 Å². The van der Waals surface area contributed by atoms with Crippen LogP contribution in [-0.4, -0.2) is 44.0 Å². The van der Waals surface area contributed by atoms with E-state index < -0.39 is 0 Å². The smallest absolute Gasteiger partial charge is 0.221 e. The Morgan fingerprint density at radius 2 is 2.00 bits per heavy atom. The Morgan fingerprint density at radius 3 is 2.38 bits per heavy atom. The molecule has 2 atom stereocenters. The predicted octanol–water partition coefficient (Wildman–Crippen LogP) is -0.352. The van der Waals surface area contributed by atoms with Crippen LogP contribution >= 0.6 is 0 Å². The van der Waals surface area contributed by atoms with E-state index in [1.807, 2.05) is 21.0 Å². The molecule has 0 aromatic heterocycles. The summed E-state index contributed by atoms with van der Waals surface area (Å²) < 4.78 is 0. The van der Waals surface area contributed by atoms with Gasteiger partial charge in [-0.2, -0.15) is 0 Å². The van der Waals surface area contributed by atoms with E-state index in [1.54, 1.807) is 0 Å². The first-order valence-corrected chi connectivity index (χ1v) is 4.61. The second-order valence-electron chi connectivity index (χ2n) is 3.87. The third-order valence-electron chi connectivity index (χ3n) is 1.90. The van der Waals surface area contributed by atoms with Gasteiger partial charge in [-0.1, -0.05) is 6.92 Å². The van der Waals surface area contributed by atoms with Crippen molar-refractivity contribution in [3.63, 3.8) is 0 Å². The van der Waals surface area contributed by atoms with Gasteiger partial charge in [-0.25, -0.2) is 0 Å². The summed E-state index contributed by atoms with van der Waals surface area (Å²) in [4.78, 5) is 12.8. The van der Waals surface area contributed by atoms with Crippen molar-refractivity contribution in [2.75, 3.05) is 27.2 Å². The molecule has 3 N–H and O–H groups in total. The molecule has 78 valence electrons. The van der Waals surface area contributed by atoms with Crippen LogP contribution in [0.3, 0.4) is 0 Å². The highest BCUT2D eigenvalue weighted by Crippen LogP contribution is 1.92. The summed E-state index contributed by atoms with van der Waals surface area (Å²) >= 11 is 0. The first-order valence-electron chi connectivity index (χ1n) is 4.61. The number of rotatable bonds is 6. The quantitative estimate of drug-likeness (QED) is 0.597. The normalized spacial score (nSPS) is 15.8. The van der Waals surface area contributed by atoms with Crippen molar-refractivity contribution >= 4 is 5.91 Å². The van der Waals surface area contributed by atoms with Crippen LogP contribution in [0, 0.1) is 5.92 Å². The maximum atomic E-state index is 10.7. The van der Waals surface area contributed by atoms with Crippen molar-refractivity contribution < 1.29 is 4.79 Å². The molecular formula is C9H21N3O. The minimum absolute atomic E-state index is 0.0930. The van der Waals surface area contributed by atoms with E-state index in [4.69, 9.17) is 5.73 Å². The van der Waals surface area contributed by atoms with E-state index in [0.29, 0.717) is 12.6 Å². The predicted molar refractivity (Wildman–Crippen MR) is 54.4 cm³/mol. The monoisotopic (exact) mass is 187 g/mol. The van der Waals surface area contributed by atoms with Crippen molar-refractivity contribution in [1.29, 1.82) is 0 Å². The summed E-state index contributed by atoms with van der Waals surface area (Å²) in [6.07, 6.45) is 0. The van der Waals surface area contributed by atoms with E-state index >= 15 is 0 Å². The number of nitrogens with two attached hydrogens (primary N) is 1. The van der Waals surface area contributed by atoms with Crippen molar-refractivity contribution in [2.45, 2.75) is 19.9 Å². The average Bonchev–Trinajstić information content (AvgIpc) is 1.98. The second-order valence-corrected chi connectivity index (χ2v) is 3.87. The van der Waals surface area contributed by atoms with Crippen molar-refractivity contribution in [3.05, 3.63) is 0 Å². The van der Waals surface area contributed by atoms with E-state index in [2.05, 4.69) is 17.1 Å². The summed E-state index contributed by atoms with van der Waals surface area (Å²) in [6.45, 7) is 5.54. The maximum absolute atomic E-state index is 10.7. The number of nitrogens with zero attached hydrogens (tertiary/aromatic N) is 1. The lowest BCUT2D eigenvalue weighted by Gasteiger charge is -2.19. The zero-order valence-electron chi connectivity index (χ0n) is 9.00. The number of carbonyl (C=O) groups excluding carboxylic acids is 1. The minimum Gasteiger partial charge on any atom is -0.369 e. The zero-order valence-corrected chi connectivity index (χ0v) is 9.00. The molecule has 0 aliphatic carbocycles. The molecule has 0 aliphatic heterocycles. The number of amides is 1. The lowest BCUT2D eigenvalue weighted by Crippen LogP contribution is -2.40. The van der Waals surface area contributed by atoms with Crippen LogP contribution in [0.25, 0.3) is 0 Å². The van der Waals surface area contributed by atoms with Gasteiger partial charge >= 0.3 is 0 Å². The van der Waals surface area contributed by atoms with Crippen LogP contribution in [0.15, 0.2) is 0 Å². The Hall–Kier alpha value is -0.610. The van der Waals surface area contributed by atoms with Crippen LogP contribution in [-0.2, 0) is 4.79 Å². The largest absolute Gasteiger partial charge is 0.369 e. The van der Waals surface area contributed by atoms with Crippen LogP contribution in [0.1, 0.15) is 13.8 Å². The van der Waals surface area contributed by atoms with Gasteiger partial charge in [0, 0.05) is 25.0 Å². The summed E-state index contributed by atoms with van der Waals surface area (Å²) in [5.74, 6) is -0.339. The molecule has 13 heavy (non-hydrogen) atoms. The molecule has 0 aliphatic rings. The van der Waals surface area contributed by atoms with Gasteiger partial charge < -0.3 is 16.0 Å².